The maximum atomic E-state index is 12.5. The van der Waals surface area contributed by atoms with Gasteiger partial charge in [-0.05, 0) is 43.2 Å². The Morgan fingerprint density at radius 3 is 2.69 bits per heavy atom. The van der Waals surface area contributed by atoms with E-state index in [1.165, 1.54) is 12.1 Å². The highest BCUT2D eigenvalue weighted by Gasteiger charge is 2.18. The summed E-state index contributed by atoms with van der Waals surface area (Å²) in [4.78, 5) is 12.2. The number of amides is 1. The number of fused-ring (bicyclic) bond motifs is 1. The first kappa shape index (κ1) is 21.4. The van der Waals surface area contributed by atoms with Crippen molar-refractivity contribution in [1.29, 1.82) is 0 Å². The van der Waals surface area contributed by atoms with Gasteiger partial charge in [-0.2, -0.15) is 0 Å². The van der Waals surface area contributed by atoms with Crippen LogP contribution in [0, 0.1) is 6.92 Å². The Balaban J connectivity index is 1.51. The number of carbonyl (C=O) groups excluding carboxylic acids is 1. The number of ether oxygens (including phenoxy) is 2. The number of sulfonamides is 1. The molecule has 1 heterocycles. The molecule has 0 saturated heterocycles. The summed E-state index contributed by atoms with van der Waals surface area (Å²) in [6, 6.07) is 9.80. The molecule has 0 fully saturated rings. The SMILES string of the molecule is Cc1c(Cl)cccc1NC(=O)CCCNS(=O)(=O)c1ccc2c(c1)OCCCO2. The monoisotopic (exact) mass is 438 g/mol. The van der Waals surface area contributed by atoms with E-state index in [2.05, 4.69) is 10.0 Å². The Bertz CT molecular complexity index is 994. The average Bonchev–Trinajstić information content (AvgIpc) is 2.94. The molecule has 2 N–H and O–H groups in total. The molecule has 9 heteroatoms. The molecule has 0 saturated carbocycles. The highest BCUT2D eigenvalue weighted by molar-refractivity contribution is 7.89. The van der Waals surface area contributed by atoms with Crippen molar-refractivity contribution in [2.75, 3.05) is 25.1 Å². The van der Waals surface area contributed by atoms with Gasteiger partial charge in [0.1, 0.15) is 0 Å². The van der Waals surface area contributed by atoms with Gasteiger partial charge in [0, 0.05) is 36.2 Å². The minimum absolute atomic E-state index is 0.0979. The molecule has 2 aromatic carbocycles. The van der Waals surface area contributed by atoms with Crippen LogP contribution in [0.5, 0.6) is 11.5 Å². The van der Waals surface area contributed by atoms with Gasteiger partial charge in [0.05, 0.1) is 18.1 Å². The molecule has 0 unspecified atom stereocenters. The predicted octanol–water partition coefficient (Wildman–Crippen LogP) is 3.51. The minimum Gasteiger partial charge on any atom is -0.490 e. The summed E-state index contributed by atoms with van der Waals surface area (Å²) in [5.41, 5.74) is 1.44. The number of carbonyl (C=O) groups is 1. The summed E-state index contributed by atoms with van der Waals surface area (Å²) in [6.45, 7) is 2.97. The van der Waals surface area contributed by atoms with Crippen molar-refractivity contribution in [3.8, 4) is 11.5 Å². The van der Waals surface area contributed by atoms with Crippen LogP contribution in [0.4, 0.5) is 5.69 Å². The number of benzene rings is 2. The Morgan fingerprint density at radius 2 is 1.90 bits per heavy atom. The standard InChI is InChI=1S/C20H23ClN2O5S/c1-14-16(21)5-2-6-17(14)23-20(24)7-3-10-22-29(25,26)15-8-9-18-19(13-15)28-12-4-11-27-18/h2,5-6,8-9,13,22H,3-4,7,10-12H2,1H3,(H,23,24). The van der Waals surface area contributed by atoms with Crippen molar-refractivity contribution < 1.29 is 22.7 Å². The number of nitrogens with one attached hydrogen (secondary N) is 2. The predicted molar refractivity (Wildman–Crippen MR) is 111 cm³/mol. The smallest absolute Gasteiger partial charge is 0.240 e. The van der Waals surface area contributed by atoms with Gasteiger partial charge in [0.15, 0.2) is 11.5 Å². The van der Waals surface area contributed by atoms with Crippen LogP contribution in [0.1, 0.15) is 24.8 Å². The van der Waals surface area contributed by atoms with E-state index in [1.807, 2.05) is 6.92 Å². The van der Waals surface area contributed by atoms with Crippen molar-refractivity contribution in [3.63, 3.8) is 0 Å². The third kappa shape index (κ3) is 5.62. The van der Waals surface area contributed by atoms with Crippen molar-refractivity contribution in [2.24, 2.45) is 0 Å². The summed E-state index contributed by atoms with van der Waals surface area (Å²) >= 11 is 6.04. The molecule has 0 radical (unpaired) electrons. The first-order valence-corrected chi connectivity index (χ1v) is 11.2. The molecule has 156 valence electrons. The lowest BCUT2D eigenvalue weighted by atomic mass is 10.2. The molecule has 1 aliphatic heterocycles. The number of hydrogen-bond acceptors (Lipinski definition) is 5. The molecule has 2 aromatic rings. The van der Waals surface area contributed by atoms with E-state index in [-0.39, 0.29) is 23.8 Å². The zero-order valence-corrected chi connectivity index (χ0v) is 17.6. The van der Waals surface area contributed by atoms with Gasteiger partial charge >= 0.3 is 0 Å². The maximum Gasteiger partial charge on any atom is 0.240 e. The van der Waals surface area contributed by atoms with Crippen molar-refractivity contribution in [3.05, 3.63) is 47.0 Å². The average molecular weight is 439 g/mol. The van der Waals surface area contributed by atoms with Gasteiger partial charge in [0.25, 0.3) is 0 Å². The third-order valence-electron chi connectivity index (χ3n) is 4.44. The fraction of sp³-hybridized carbons (Fsp3) is 0.350. The molecule has 29 heavy (non-hydrogen) atoms. The first-order valence-electron chi connectivity index (χ1n) is 9.31. The van der Waals surface area contributed by atoms with E-state index < -0.39 is 10.0 Å². The van der Waals surface area contributed by atoms with E-state index in [0.717, 1.165) is 12.0 Å². The molecule has 1 amide bonds. The zero-order valence-electron chi connectivity index (χ0n) is 16.0. The molecule has 0 atom stereocenters. The van der Waals surface area contributed by atoms with Gasteiger partial charge < -0.3 is 14.8 Å². The van der Waals surface area contributed by atoms with Gasteiger partial charge in [-0.15, -0.1) is 0 Å². The van der Waals surface area contributed by atoms with Crippen molar-refractivity contribution >= 4 is 33.2 Å². The molecule has 3 rings (SSSR count). The highest BCUT2D eigenvalue weighted by atomic mass is 35.5. The summed E-state index contributed by atoms with van der Waals surface area (Å²) in [5, 5.41) is 3.36. The highest BCUT2D eigenvalue weighted by Crippen LogP contribution is 2.31. The number of hydrogen-bond donors (Lipinski definition) is 2. The molecule has 0 spiro atoms. The third-order valence-corrected chi connectivity index (χ3v) is 6.31. The Morgan fingerprint density at radius 1 is 1.14 bits per heavy atom. The number of rotatable bonds is 7. The van der Waals surface area contributed by atoms with Gasteiger partial charge in [-0.1, -0.05) is 17.7 Å². The van der Waals surface area contributed by atoms with Crippen LogP contribution in [0.3, 0.4) is 0 Å². The molecule has 0 bridgehead atoms. The van der Waals surface area contributed by atoms with Gasteiger partial charge in [-0.3, -0.25) is 4.79 Å². The van der Waals surface area contributed by atoms with Crippen LogP contribution >= 0.6 is 11.6 Å². The fourth-order valence-corrected chi connectivity index (χ4v) is 4.07. The van der Waals surface area contributed by atoms with Crippen LogP contribution in [0.25, 0.3) is 0 Å². The molecule has 1 aliphatic rings. The summed E-state index contributed by atoms with van der Waals surface area (Å²) in [6.07, 6.45) is 1.27. The van der Waals surface area contributed by atoms with E-state index in [0.29, 0.717) is 41.8 Å². The largest absolute Gasteiger partial charge is 0.490 e. The lowest BCUT2D eigenvalue weighted by Gasteiger charge is -2.11. The van der Waals surface area contributed by atoms with E-state index in [9.17, 15) is 13.2 Å². The summed E-state index contributed by atoms with van der Waals surface area (Å²) < 4.78 is 38.6. The topological polar surface area (TPSA) is 93.7 Å². The Kier molecular flexibility index (Phi) is 7.00. The van der Waals surface area contributed by atoms with E-state index in [4.69, 9.17) is 21.1 Å². The van der Waals surface area contributed by atoms with Crippen LogP contribution in [-0.2, 0) is 14.8 Å². The van der Waals surface area contributed by atoms with Crippen LogP contribution in [0.2, 0.25) is 5.02 Å². The Hall–Kier alpha value is -2.29. The first-order chi connectivity index (χ1) is 13.9. The summed E-state index contributed by atoms with van der Waals surface area (Å²) in [7, 11) is -3.71. The van der Waals surface area contributed by atoms with Crippen LogP contribution in [0.15, 0.2) is 41.3 Å². The second kappa shape index (κ2) is 9.47. The minimum atomic E-state index is -3.71. The van der Waals surface area contributed by atoms with E-state index in [1.54, 1.807) is 24.3 Å². The molecular formula is C20H23ClN2O5S. The number of anilines is 1. The lowest BCUT2D eigenvalue weighted by Crippen LogP contribution is -2.26. The molecular weight excluding hydrogens is 416 g/mol. The summed E-state index contributed by atoms with van der Waals surface area (Å²) in [5.74, 6) is 0.751. The molecule has 7 nitrogen and oxygen atoms in total. The van der Waals surface area contributed by atoms with Crippen molar-refractivity contribution in [1.82, 2.24) is 4.72 Å². The van der Waals surface area contributed by atoms with Gasteiger partial charge in [0.2, 0.25) is 15.9 Å². The van der Waals surface area contributed by atoms with E-state index >= 15 is 0 Å². The van der Waals surface area contributed by atoms with Gasteiger partial charge in [-0.25, -0.2) is 13.1 Å². The fourth-order valence-electron chi connectivity index (χ4n) is 2.81. The quantitative estimate of drug-likeness (QED) is 0.645. The number of halogens is 1. The normalized spacial score (nSPS) is 13.6. The lowest BCUT2D eigenvalue weighted by molar-refractivity contribution is -0.116. The maximum absolute atomic E-state index is 12.5. The van der Waals surface area contributed by atoms with Crippen molar-refractivity contribution in [2.45, 2.75) is 31.1 Å². The van der Waals surface area contributed by atoms with Crippen LogP contribution < -0.4 is 19.5 Å². The Labute approximate surface area is 175 Å². The second-order valence-corrected chi connectivity index (χ2v) is 8.80. The zero-order chi connectivity index (χ0) is 20.9. The van der Waals surface area contributed by atoms with Crippen LogP contribution in [-0.4, -0.2) is 34.1 Å². The second-order valence-electron chi connectivity index (χ2n) is 6.62. The molecule has 0 aliphatic carbocycles. The molecule has 0 aromatic heterocycles.